The Kier molecular flexibility index (Phi) is 5.82. The standard InChI is InChI=1S/C26H27N5O3S/c1-18-15-24(26(27)32)28-31(18)23-7-8-25-22(16-23)9-12-29(25)17-19-3-5-20(6-4-19)21-10-13-30(14-11-21)35(2,33)34/h3-10,12,15-16H,11,13-14,17H2,1-2H3,(H2,27,32). The molecule has 0 spiro atoms. The second-order valence-electron chi connectivity index (χ2n) is 8.93. The molecular weight excluding hydrogens is 462 g/mol. The summed E-state index contributed by atoms with van der Waals surface area (Å²) < 4.78 is 28.9. The Labute approximate surface area is 204 Å². The summed E-state index contributed by atoms with van der Waals surface area (Å²) in [7, 11) is -3.15. The van der Waals surface area contributed by atoms with E-state index in [4.69, 9.17) is 5.73 Å². The molecule has 180 valence electrons. The molecule has 3 heterocycles. The van der Waals surface area contributed by atoms with Crippen molar-refractivity contribution >= 4 is 32.4 Å². The molecule has 0 atom stereocenters. The maximum Gasteiger partial charge on any atom is 0.269 e. The van der Waals surface area contributed by atoms with Crippen LogP contribution in [0.5, 0.6) is 0 Å². The number of primary amides is 1. The van der Waals surface area contributed by atoms with E-state index in [0.717, 1.165) is 34.4 Å². The van der Waals surface area contributed by atoms with E-state index in [1.807, 2.05) is 19.1 Å². The lowest BCUT2D eigenvalue weighted by Gasteiger charge is -2.24. The number of aryl methyl sites for hydroxylation is 1. The minimum atomic E-state index is -3.15. The van der Waals surface area contributed by atoms with Gasteiger partial charge < -0.3 is 10.3 Å². The van der Waals surface area contributed by atoms with Crippen LogP contribution < -0.4 is 5.73 Å². The molecule has 5 rings (SSSR count). The van der Waals surface area contributed by atoms with E-state index < -0.39 is 15.9 Å². The number of carbonyl (C=O) groups excluding carboxylic acids is 1. The molecule has 1 aliphatic heterocycles. The lowest BCUT2D eigenvalue weighted by Crippen LogP contribution is -2.33. The number of rotatable bonds is 6. The minimum Gasteiger partial charge on any atom is -0.364 e. The molecule has 0 saturated carbocycles. The summed E-state index contributed by atoms with van der Waals surface area (Å²) in [5.74, 6) is -0.541. The van der Waals surface area contributed by atoms with Crippen LogP contribution in [-0.4, -0.2) is 52.3 Å². The van der Waals surface area contributed by atoms with Gasteiger partial charge in [0.05, 0.1) is 11.9 Å². The molecule has 0 fully saturated rings. The van der Waals surface area contributed by atoms with Crippen molar-refractivity contribution in [3.63, 3.8) is 0 Å². The first-order valence-corrected chi connectivity index (χ1v) is 13.2. The van der Waals surface area contributed by atoms with Crippen LogP contribution in [-0.2, 0) is 16.6 Å². The second kappa shape index (κ2) is 8.83. The third kappa shape index (κ3) is 4.65. The van der Waals surface area contributed by atoms with Gasteiger partial charge in [-0.05, 0) is 60.4 Å². The van der Waals surface area contributed by atoms with Gasteiger partial charge in [-0.2, -0.15) is 9.40 Å². The summed E-state index contributed by atoms with van der Waals surface area (Å²) >= 11 is 0. The highest BCUT2D eigenvalue weighted by Gasteiger charge is 2.20. The summed E-state index contributed by atoms with van der Waals surface area (Å²) in [6.45, 7) is 3.57. The molecule has 4 aromatic rings. The van der Waals surface area contributed by atoms with Crippen molar-refractivity contribution in [2.45, 2.75) is 19.9 Å². The Morgan fingerprint density at radius 2 is 1.86 bits per heavy atom. The molecule has 0 aliphatic carbocycles. The number of benzene rings is 2. The zero-order valence-electron chi connectivity index (χ0n) is 19.7. The summed E-state index contributed by atoms with van der Waals surface area (Å²) in [4.78, 5) is 11.5. The average molecular weight is 490 g/mol. The summed E-state index contributed by atoms with van der Waals surface area (Å²) in [5, 5.41) is 5.40. The van der Waals surface area contributed by atoms with E-state index in [1.54, 1.807) is 10.7 Å². The predicted octanol–water partition coefficient (Wildman–Crippen LogP) is 3.33. The molecule has 8 nitrogen and oxygen atoms in total. The molecule has 2 N–H and O–H groups in total. The van der Waals surface area contributed by atoms with Gasteiger partial charge in [0.25, 0.3) is 5.91 Å². The van der Waals surface area contributed by atoms with Crippen LogP contribution >= 0.6 is 0 Å². The van der Waals surface area contributed by atoms with Gasteiger partial charge in [-0.1, -0.05) is 30.3 Å². The first-order valence-electron chi connectivity index (χ1n) is 11.4. The summed E-state index contributed by atoms with van der Waals surface area (Å²) in [6.07, 6.45) is 6.04. The van der Waals surface area contributed by atoms with Gasteiger partial charge in [0.2, 0.25) is 10.0 Å². The number of sulfonamides is 1. The fourth-order valence-electron chi connectivity index (χ4n) is 4.55. The molecule has 0 saturated heterocycles. The molecule has 0 unspecified atom stereocenters. The van der Waals surface area contributed by atoms with E-state index in [9.17, 15) is 13.2 Å². The minimum absolute atomic E-state index is 0.250. The molecule has 1 aliphatic rings. The number of hydrogen-bond donors (Lipinski definition) is 1. The van der Waals surface area contributed by atoms with E-state index in [-0.39, 0.29) is 5.69 Å². The van der Waals surface area contributed by atoms with E-state index in [2.05, 4.69) is 58.3 Å². The topological polar surface area (TPSA) is 103 Å². The average Bonchev–Trinajstić information content (AvgIpc) is 3.42. The van der Waals surface area contributed by atoms with Crippen molar-refractivity contribution in [2.75, 3.05) is 19.3 Å². The lowest BCUT2D eigenvalue weighted by atomic mass is 9.99. The highest BCUT2D eigenvalue weighted by atomic mass is 32.2. The number of amides is 1. The van der Waals surface area contributed by atoms with Crippen LogP contribution in [0.1, 0.15) is 33.7 Å². The molecule has 2 aromatic carbocycles. The van der Waals surface area contributed by atoms with Gasteiger partial charge in [-0.15, -0.1) is 0 Å². The van der Waals surface area contributed by atoms with Crippen LogP contribution in [0.4, 0.5) is 0 Å². The monoisotopic (exact) mass is 489 g/mol. The van der Waals surface area contributed by atoms with Crippen molar-refractivity contribution < 1.29 is 13.2 Å². The van der Waals surface area contributed by atoms with Crippen molar-refractivity contribution in [1.29, 1.82) is 0 Å². The molecule has 0 bridgehead atoms. The SMILES string of the molecule is Cc1cc(C(N)=O)nn1-c1ccc2c(ccn2Cc2ccc(C3=CCN(S(C)(=O)=O)CC3)cc2)c1. The van der Waals surface area contributed by atoms with Crippen molar-refractivity contribution in [1.82, 2.24) is 18.7 Å². The highest BCUT2D eigenvalue weighted by molar-refractivity contribution is 7.88. The third-order valence-electron chi connectivity index (χ3n) is 6.46. The highest BCUT2D eigenvalue weighted by Crippen LogP contribution is 2.25. The molecule has 9 heteroatoms. The van der Waals surface area contributed by atoms with Crippen LogP contribution in [0, 0.1) is 6.92 Å². The van der Waals surface area contributed by atoms with Gasteiger partial charge in [0, 0.05) is 42.4 Å². The normalized spacial score (nSPS) is 14.9. The first kappa shape index (κ1) is 23.1. The third-order valence-corrected chi connectivity index (χ3v) is 7.73. The zero-order valence-corrected chi connectivity index (χ0v) is 20.5. The number of nitrogens with two attached hydrogens (primary N) is 1. The Morgan fingerprint density at radius 1 is 1.09 bits per heavy atom. The molecule has 0 radical (unpaired) electrons. The van der Waals surface area contributed by atoms with E-state index >= 15 is 0 Å². The van der Waals surface area contributed by atoms with Gasteiger partial charge >= 0.3 is 0 Å². The Morgan fingerprint density at radius 3 is 2.49 bits per heavy atom. The van der Waals surface area contributed by atoms with Crippen molar-refractivity contribution in [3.05, 3.63) is 89.4 Å². The number of hydrogen-bond acceptors (Lipinski definition) is 4. The van der Waals surface area contributed by atoms with Gasteiger partial charge in [0.15, 0.2) is 5.69 Å². The van der Waals surface area contributed by atoms with E-state index in [1.165, 1.54) is 21.7 Å². The van der Waals surface area contributed by atoms with Gasteiger partial charge in [-0.3, -0.25) is 4.79 Å². The number of nitrogens with zero attached hydrogens (tertiary/aromatic N) is 4. The smallest absolute Gasteiger partial charge is 0.269 e. The van der Waals surface area contributed by atoms with Gasteiger partial charge in [0.1, 0.15) is 0 Å². The van der Waals surface area contributed by atoms with E-state index in [0.29, 0.717) is 19.5 Å². The number of carbonyl (C=O) groups is 1. The second-order valence-corrected chi connectivity index (χ2v) is 10.9. The summed E-state index contributed by atoms with van der Waals surface area (Å²) in [6, 6.07) is 18.3. The lowest BCUT2D eigenvalue weighted by molar-refractivity contribution is 0.0995. The quantitative estimate of drug-likeness (QED) is 0.449. The Bertz CT molecular complexity index is 1560. The van der Waals surface area contributed by atoms with Crippen molar-refractivity contribution in [3.8, 4) is 5.69 Å². The fraction of sp³-hybridized carbons (Fsp3) is 0.231. The Balaban J connectivity index is 1.33. The molecule has 1 amide bonds. The zero-order chi connectivity index (χ0) is 24.7. The molecular formula is C26H27N5O3S. The fourth-order valence-corrected chi connectivity index (χ4v) is 5.32. The maximum absolute atomic E-state index is 11.7. The van der Waals surface area contributed by atoms with Crippen LogP contribution in [0.15, 0.2) is 66.9 Å². The van der Waals surface area contributed by atoms with Gasteiger partial charge in [-0.25, -0.2) is 13.1 Å². The molecule has 2 aromatic heterocycles. The largest absolute Gasteiger partial charge is 0.364 e. The predicted molar refractivity (Wildman–Crippen MR) is 137 cm³/mol. The number of fused-ring (bicyclic) bond motifs is 1. The first-order chi connectivity index (χ1) is 16.7. The maximum atomic E-state index is 11.7. The van der Waals surface area contributed by atoms with Crippen LogP contribution in [0.2, 0.25) is 0 Å². The van der Waals surface area contributed by atoms with Crippen molar-refractivity contribution in [2.24, 2.45) is 5.73 Å². The Hall–Kier alpha value is -3.69. The number of aromatic nitrogens is 3. The van der Waals surface area contributed by atoms with Crippen LogP contribution in [0.3, 0.4) is 0 Å². The summed E-state index contributed by atoms with van der Waals surface area (Å²) in [5.41, 5.74) is 11.9. The molecule has 35 heavy (non-hydrogen) atoms. The van der Waals surface area contributed by atoms with Crippen LogP contribution in [0.25, 0.3) is 22.2 Å².